The summed E-state index contributed by atoms with van der Waals surface area (Å²) in [6, 6.07) is 21.4. The average molecular weight is 430 g/mol. The van der Waals surface area contributed by atoms with E-state index in [9.17, 15) is 8.42 Å². The molecule has 0 amide bonds. The van der Waals surface area contributed by atoms with Crippen LogP contribution in [0, 0.1) is 12.3 Å². The fourth-order valence-corrected chi connectivity index (χ4v) is 3.62. The molecule has 3 aromatic carbocycles. The van der Waals surface area contributed by atoms with E-state index in [1.54, 1.807) is 12.1 Å². The van der Waals surface area contributed by atoms with Crippen molar-refractivity contribution in [3.05, 3.63) is 72.8 Å². The third-order valence-electron chi connectivity index (χ3n) is 4.58. The third kappa shape index (κ3) is 4.48. The van der Waals surface area contributed by atoms with Gasteiger partial charge in [-0.25, -0.2) is 13.6 Å². The number of hydrogen-bond acceptors (Lipinski definition) is 6. The van der Waals surface area contributed by atoms with Gasteiger partial charge in [0.25, 0.3) is 0 Å². The quantitative estimate of drug-likeness (QED) is 0.452. The number of hydrogen-bond donors (Lipinski definition) is 2. The van der Waals surface area contributed by atoms with Gasteiger partial charge in [0, 0.05) is 22.0 Å². The van der Waals surface area contributed by atoms with E-state index in [0.29, 0.717) is 17.3 Å². The molecule has 0 aliphatic rings. The van der Waals surface area contributed by atoms with E-state index in [1.165, 1.54) is 12.1 Å². The van der Waals surface area contributed by atoms with E-state index in [1.807, 2.05) is 48.5 Å². The fraction of sp³-hybridized carbons (Fsp3) is 0.0435. The summed E-state index contributed by atoms with van der Waals surface area (Å²) in [5.41, 5.74) is 2.28. The molecule has 0 fully saturated rings. The SMILES string of the molecule is C#CCOc1ccc(-c2nnc(Nc3ccc(S(N)(=O)=O)cc3)c3ccccc23)cc1. The highest BCUT2D eigenvalue weighted by Gasteiger charge is 2.12. The highest BCUT2D eigenvalue weighted by molar-refractivity contribution is 7.89. The summed E-state index contributed by atoms with van der Waals surface area (Å²) in [7, 11) is -3.75. The number of nitrogens with two attached hydrogens (primary N) is 1. The van der Waals surface area contributed by atoms with Gasteiger partial charge in [-0.3, -0.25) is 0 Å². The fourth-order valence-electron chi connectivity index (χ4n) is 3.11. The van der Waals surface area contributed by atoms with Crippen LogP contribution < -0.4 is 15.2 Å². The molecule has 154 valence electrons. The Bertz CT molecular complexity index is 1380. The van der Waals surface area contributed by atoms with E-state index in [4.69, 9.17) is 16.3 Å². The Morgan fingerprint density at radius 3 is 2.26 bits per heavy atom. The predicted molar refractivity (Wildman–Crippen MR) is 120 cm³/mol. The first-order valence-electron chi connectivity index (χ1n) is 9.28. The standard InChI is InChI=1S/C23H18N4O3S/c1-2-15-30-18-11-7-16(8-12-18)22-20-5-3-4-6-21(20)23(27-26-22)25-17-9-13-19(14-10-17)31(24,28)29/h1,3-14H,15H2,(H,25,27)(H2,24,28,29). The molecule has 0 radical (unpaired) electrons. The van der Waals surface area contributed by atoms with Crippen molar-refractivity contribution >= 4 is 32.3 Å². The van der Waals surface area contributed by atoms with Gasteiger partial charge in [0.15, 0.2) is 5.82 Å². The molecule has 0 aliphatic heterocycles. The summed E-state index contributed by atoms with van der Waals surface area (Å²) < 4.78 is 28.3. The lowest BCUT2D eigenvalue weighted by molar-refractivity contribution is 0.370. The summed E-state index contributed by atoms with van der Waals surface area (Å²) in [4.78, 5) is 0.0408. The Labute approximate surface area is 179 Å². The van der Waals surface area contributed by atoms with Crippen molar-refractivity contribution in [2.45, 2.75) is 4.90 Å². The summed E-state index contributed by atoms with van der Waals surface area (Å²) in [5, 5.41) is 18.9. The van der Waals surface area contributed by atoms with Gasteiger partial charge in [-0.05, 0) is 48.5 Å². The Morgan fingerprint density at radius 2 is 1.61 bits per heavy atom. The molecular formula is C23H18N4O3S. The van der Waals surface area contributed by atoms with Crippen molar-refractivity contribution in [2.75, 3.05) is 11.9 Å². The molecule has 0 bridgehead atoms. The van der Waals surface area contributed by atoms with Crippen LogP contribution in [-0.2, 0) is 10.0 Å². The molecule has 31 heavy (non-hydrogen) atoms. The summed E-state index contributed by atoms with van der Waals surface area (Å²) in [6.45, 7) is 0.209. The number of primary sulfonamides is 1. The minimum Gasteiger partial charge on any atom is -0.481 e. The normalized spacial score (nSPS) is 11.1. The van der Waals surface area contributed by atoms with E-state index < -0.39 is 10.0 Å². The van der Waals surface area contributed by atoms with Crippen molar-refractivity contribution < 1.29 is 13.2 Å². The van der Waals surface area contributed by atoms with Gasteiger partial charge >= 0.3 is 0 Å². The van der Waals surface area contributed by atoms with Crippen molar-refractivity contribution in [3.63, 3.8) is 0 Å². The highest BCUT2D eigenvalue weighted by Crippen LogP contribution is 2.32. The zero-order valence-corrected chi connectivity index (χ0v) is 17.1. The number of rotatable bonds is 6. The summed E-state index contributed by atoms with van der Waals surface area (Å²) >= 11 is 0. The van der Waals surface area contributed by atoms with Gasteiger partial charge in [0.1, 0.15) is 18.1 Å². The molecule has 3 N–H and O–H groups in total. The lowest BCUT2D eigenvalue weighted by atomic mass is 10.0. The molecule has 1 heterocycles. The van der Waals surface area contributed by atoms with Gasteiger partial charge in [-0.2, -0.15) is 0 Å². The number of sulfonamides is 1. The van der Waals surface area contributed by atoms with Crippen LogP contribution in [0.5, 0.6) is 5.75 Å². The Kier molecular flexibility index (Phi) is 5.54. The zero-order valence-electron chi connectivity index (χ0n) is 16.3. The van der Waals surface area contributed by atoms with Crippen LogP contribution in [0.3, 0.4) is 0 Å². The van der Waals surface area contributed by atoms with E-state index in [-0.39, 0.29) is 11.5 Å². The third-order valence-corrected chi connectivity index (χ3v) is 5.51. The lowest BCUT2D eigenvalue weighted by Gasteiger charge is -2.12. The van der Waals surface area contributed by atoms with Gasteiger partial charge in [-0.1, -0.05) is 30.2 Å². The topological polar surface area (TPSA) is 107 Å². The summed E-state index contributed by atoms with van der Waals surface area (Å²) in [5.74, 6) is 3.67. The largest absolute Gasteiger partial charge is 0.481 e. The maximum Gasteiger partial charge on any atom is 0.238 e. The molecule has 4 rings (SSSR count). The number of terminal acetylenes is 1. The van der Waals surface area contributed by atoms with Gasteiger partial charge in [-0.15, -0.1) is 16.6 Å². The van der Waals surface area contributed by atoms with Crippen molar-refractivity contribution in [1.29, 1.82) is 0 Å². The lowest BCUT2D eigenvalue weighted by Crippen LogP contribution is -2.11. The minimum atomic E-state index is -3.75. The number of aromatic nitrogens is 2. The van der Waals surface area contributed by atoms with Crippen LogP contribution in [-0.4, -0.2) is 25.2 Å². The van der Waals surface area contributed by atoms with Crippen LogP contribution in [0.15, 0.2) is 77.7 Å². The maximum atomic E-state index is 11.4. The first-order valence-corrected chi connectivity index (χ1v) is 10.8. The first kappa shape index (κ1) is 20.3. The second kappa shape index (κ2) is 8.44. The number of nitrogens with one attached hydrogen (secondary N) is 1. The molecule has 0 saturated carbocycles. The van der Waals surface area contributed by atoms with E-state index >= 15 is 0 Å². The smallest absolute Gasteiger partial charge is 0.238 e. The number of benzene rings is 3. The minimum absolute atomic E-state index is 0.0408. The molecular weight excluding hydrogens is 412 g/mol. The van der Waals surface area contributed by atoms with E-state index in [0.717, 1.165) is 22.0 Å². The second-order valence-corrected chi connectivity index (χ2v) is 8.22. The Balaban J connectivity index is 1.68. The monoisotopic (exact) mass is 430 g/mol. The predicted octanol–water partition coefficient (Wildman–Crippen LogP) is 3.70. The number of fused-ring (bicyclic) bond motifs is 1. The average Bonchev–Trinajstić information content (AvgIpc) is 2.78. The second-order valence-electron chi connectivity index (χ2n) is 6.65. The van der Waals surface area contributed by atoms with Gasteiger partial charge < -0.3 is 10.1 Å². The number of anilines is 2. The molecule has 0 saturated heterocycles. The zero-order chi connectivity index (χ0) is 21.8. The molecule has 0 unspecified atom stereocenters. The Morgan fingerprint density at radius 1 is 0.935 bits per heavy atom. The maximum absolute atomic E-state index is 11.4. The molecule has 0 aliphatic carbocycles. The van der Waals surface area contributed by atoms with Crippen LogP contribution in [0.2, 0.25) is 0 Å². The van der Waals surface area contributed by atoms with Gasteiger partial charge in [0.2, 0.25) is 10.0 Å². The van der Waals surface area contributed by atoms with Crippen LogP contribution in [0.4, 0.5) is 11.5 Å². The molecule has 7 nitrogen and oxygen atoms in total. The first-order chi connectivity index (χ1) is 15.0. The molecule has 8 heteroatoms. The van der Waals surface area contributed by atoms with Crippen molar-refractivity contribution in [3.8, 4) is 29.4 Å². The molecule has 1 aromatic heterocycles. The highest BCUT2D eigenvalue weighted by atomic mass is 32.2. The van der Waals surface area contributed by atoms with Crippen LogP contribution >= 0.6 is 0 Å². The van der Waals surface area contributed by atoms with Gasteiger partial charge in [0.05, 0.1) is 4.90 Å². The summed E-state index contributed by atoms with van der Waals surface area (Å²) in [6.07, 6.45) is 5.22. The number of ether oxygens (including phenoxy) is 1. The molecule has 0 spiro atoms. The van der Waals surface area contributed by atoms with Crippen molar-refractivity contribution in [2.24, 2.45) is 5.14 Å². The van der Waals surface area contributed by atoms with Crippen LogP contribution in [0.25, 0.3) is 22.0 Å². The number of nitrogens with zero attached hydrogens (tertiary/aromatic N) is 2. The molecule has 0 atom stereocenters. The van der Waals surface area contributed by atoms with Crippen molar-refractivity contribution in [1.82, 2.24) is 10.2 Å². The van der Waals surface area contributed by atoms with E-state index in [2.05, 4.69) is 21.4 Å². The Hall–Kier alpha value is -3.93. The molecule has 4 aromatic rings. The van der Waals surface area contributed by atoms with Crippen LogP contribution in [0.1, 0.15) is 0 Å².